The van der Waals surface area contributed by atoms with Gasteiger partial charge in [-0.25, -0.2) is 0 Å². The van der Waals surface area contributed by atoms with E-state index in [9.17, 15) is 4.79 Å². The molecule has 1 aliphatic carbocycles. The lowest BCUT2D eigenvalue weighted by molar-refractivity contribution is -0.122. The molecular weight excluding hydrogens is 248 g/mol. The molecule has 1 aromatic rings. The number of carbonyl (C=O) groups excluding carboxylic acids is 1. The molecule has 0 bridgehead atoms. The third kappa shape index (κ3) is 3.40. The zero-order valence-corrected chi connectivity index (χ0v) is 12.2. The van der Waals surface area contributed by atoms with Gasteiger partial charge in [0.1, 0.15) is 0 Å². The fourth-order valence-electron chi connectivity index (χ4n) is 3.19. The molecular formula is C17H24N2O. The topological polar surface area (TPSA) is 32.3 Å². The first kappa shape index (κ1) is 13.6. The van der Waals surface area contributed by atoms with Gasteiger partial charge < -0.3 is 5.32 Å². The third-order valence-corrected chi connectivity index (χ3v) is 4.63. The van der Waals surface area contributed by atoms with Crippen LogP contribution in [-0.4, -0.2) is 36.5 Å². The van der Waals surface area contributed by atoms with E-state index < -0.39 is 0 Å². The Balaban J connectivity index is 1.46. The first-order valence-corrected chi connectivity index (χ1v) is 7.79. The van der Waals surface area contributed by atoms with E-state index in [2.05, 4.69) is 47.5 Å². The lowest BCUT2D eigenvalue weighted by Gasteiger charge is -2.18. The largest absolute Gasteiger partial charge is 0.352 e. The van der Waals surface area contributed by atoms with Crippen molar-refractivity contribution in [2.45, 2.75) is 38.1 Å². The lowest BCUT2D eigenvalue weighted by atomic mass is 9.99. The van der Waals surface area contributed by atoms with Crippen molar-refractivity contribution in [1.82, 2.24) is 10.2 Å². The summed E-state index contributed by atoms with van der Waals surface area (Å²) in [6.07, 6.45) is 3.72. The number of likely N-dealkylation sites (tertiary alicyclic amines) is 1. The number of hydrogen-bond acceptors (Lipinski definition) is 2. The molecule has 1 saturated carbocycles. The predicted molar refractivity (Wildman–Crippen MR) is 80.6 cm³/mol. The van der Waals surface area contributed by atoms with Crippen LogP contribution in [-0.2, 0) is 4.79 Å². The minimum atomic E-state index is 0.193. The smallest absolute Gasteiger partial charge is 0.234 e. The minimum absolute atomic E-state index is 0.193. The van der Waals surface area contributed by atoms with Gasteiger partial charge in [-0.15, -0.1) is 0 Å². The maximum Gasteiger partial charge on any atom is 0.234 e. The van der Waals surface area contributed by atoms with E-state index in [1.165, 1.54) is 18.4 Å². The summed E-state index contributed by atoms with van der Waals surface area (Å²) in [5.41, 5.74) is 1.40. The zero-order chi connectivity index (χ0) is 13.9. The highest BCUT2D eigenvalue weighted by Gasteiger charge is 2.30. The van der Waals surface area contributed by atoms with E-state index in [0.717, 1.165) is 25.4 Å². The van der Waals surface area contributed by atoms with E-state index in [-0.39, 0.29) is 5.91 Å². The Bertz CT molecular complexity index is 455. The predicted octanol–water partition coefficient (Wildman–Crippen LogP) is 2.39. The fraction of sp³-hybridized carbons (Fsp3) is 0.588. The molecule has 1 aliphatic heterocycles. The van der Waals surface area contributed by atoms with Gasteiger partial charge in [-0.1, -0.05) is 30.3 Å². The van der Waals surface area contributed by atoms with E-state index in [1.807, 2.05) is 0 Å². The van der Waals surface area contributed by atoms with Gasteiger partial charge in [0.15, 0.2) is 0 Å². The van der Waals surface area contributed by atoms with Crippen LogP contribution in [0.5, 0.6) is 0 Å². The minimum Gasteiger partial charge on any atom is -0.352 e. The summed E-state index contributed by atoms with van der Waals surface area (Å²) >= 11 is 0. The van der Waals surface area contributed by atoms with Gasteiger partial charge in [0.2, 0.25) is 5.91 Å². The van der Waals surface area contributed by atoms with Crippen LogP contribution < -0.4 is 5.32 Å². The first-order chi connectivity index (χ1) is 9.72. The highest BCUT2D eigenvalue weighted by molar-refractivity contribution is 5.78. The molecule has 3 nitrogen and oxygen atoms in total. The summed E-state index contributed by atoms with van der Waals surface area (Å²) in [6, 6.07) is 11.0. The summed E-state index contributed by atoms with van der Waals surface area (Å²) in [7, 11) is 0. The molecule has 3 rings (SSSR count). The molecule has 1 amide bonds. The molecule has 1 saturated heterocycles. The second-order valence-electron chi connectivity index (χ2n) is 6.33. The average molecular weight is 272 g/mol. The van der Waals surface area contributed by atoms with Crippen LogP contribution in [0.25, 0.3) is 0 Å². The van der Waals surface area contributed by atoms with Crippen molar-refractivity contribution in [3.8, 4) is 0 Å². The number of nitrogens with zero attached hydrogens (tertiary/aromatic N) is 1. The molecule has 2 unspecified atom stereocenters. The summed E-state index contributed by atoms with van der Waals surface area (Å²) < 4.78 is 0. The Morgan fingerprint density at radius 1 is 1.30 bits per heavy atom. The molecule has 1 heterocycles. The molecule has 1 aromatic carbocycles. The van der Waals surface area contributed by atoms with Gasteiger partial charge >= 0.3 is 0 Å². The number of amides is 1. The third-order valence-electron chi connectivity index (χ3n) is 4.63. The molecule has 2 fully saturated rings. The zero-order valence-electron chi connectivity index (χ0n) is 12.2. The molecule has 0 aromatic heterocycles. The maximum atomic E-state index is 12.0. The SMILES string of the molecule is CC(NC(=O)CN1CCC(c2ccccc2)C1)C1CC1. The van der Waals surface area contributed by atoms with Crippen LogP contribution in [0.4, 0.5) is 0 Å². The number of carbonyl (C=O) groups is 1. The van der Waals surface area contributed by atoms with Crippen molar-refractivity contribution >= 4 is 5.91 Å². The lowest BCUT2D eigenvalue weighted by Crippen LogP contribution is -2.41. The highest BCUT2D eigenvalue weighted by Crippen LogP contribution is 2.32. The second kappa shape index (κ2) is 5.96. The van der Waals surface area contributed by atoms with Crippen LogP contribution in [0.15, 0.2) is 30.3 Å². The van der Waals surface area contributed by atoms with Crippen LogP contribution in [0.3, 0.4) is 0 Å². The Morgan fingerprint density at radius 3 is 2.75 bits per heavy atom. The molecule has 0 spiro atoms. The van der Waals surface area contributed by atoms with Crippen molar-refractivity contribution < 1.29 is 4.79 Å². The molecule has 0 radical (unpaired) electrons. The van der Waals surface area contributed by atoms with Gasteiger partial charge in [-0.2, -0.15) is 0 Å². The molecule has 20 heavy (non-hydrogen) atoms. The first-order valence-electron chi connectivity index (χ1n) is 7.79. The summed E-state index contributed by atoms with van der Waals surface area (Å²) in [4.78, 5) is 14.3. The number of rotatable bonds is 5. The maximum absolute atomic E-state index is 12.0. The summed E-state index contributed by atoms with van der Waals surface area (Å²) in [6.45, 7) is 4.73. The van der Waals surface area contributed by atoms with E-state index >= 15 is 0 Å². The van der Waals surface area contributed by atoms with E-state index in [4.69, 9.17) is 0 Å². The van der Waals surface area contributed by atoms with Gasteiger partial charge in [0.25, 0.3) is 0 Å². The van der Waals surface area contributed by atoms with E-state index in [0.29, 0.717) is 18.5 Å². The Kier molecular flexibility index (Phi) is 4.06. The molecule has 2 atom stereocenters. The van der Waals surface area contributed by atoms with Crippen molar-refractivity contribution in [3.63, 3.8) is 0 Å². The highest BCUT2D eigenvalue weighted by atomic mass is 16.2. The number of benzene rings is 1. The number of nitrogens with one attached hydrogen (secondary N) is 1. The number of hydrogen-bond donors (Lipinski definition) is 1. The monoisotopic (exact) mass is 272 g/mol. The standard InChI is InChI=1S/C17H24N2O/c1-13(14-7-8-14)18-17(20)12-19-10-9-16(11-19)15-5-3-2-4-6-15/h2-6,13-14,16H,7-12H2,1H3,(H,18,20). The summed E-state index contributed by atoms with van der Waals surface area (Å²) in [5.74, 6) is 1.51. The van der Waals surface area contributed by atoms with Crippen molar-refractivity contribution in [2.75, 3.05) is 19.6 Å². The van der Waals surface area contributed by atoms with Crippen LogP contribution in [0, 0.1) is 5.92 Å². The fourth-order valence-corrected chi connectivity index (χ4v) is 3.19. The molecule has 1 N–H and O–H groups in total. The molecule has 108 valence electrons. The Hall–Kier alpha value is -1.35. The second-order valence-corrected chi connectivity index (χ2v) is 6.33. The van der Waals surface area contributed by atoms with Crippen molar-refractivity contribution in [1.29, 1.82) is 0 Å². The van der Waals surface area contributed by atoms with Crippen molar-refractivity contribution in [2.24, 2.45) is 5.92 Å². The Labute approximate surface area is 121 Å². The van der Waals surface area contributed by atoms with Gasteiger partial charge in [-0.3, -0.25) is 9.69 Å². The van der Waals surface area contributed by atoms with Gasteiger partial charge in [-0.05, 0) is 50.1 Å². The van der Waals surface area contributed by atoms with Crippen LogP contribution in [0.2, 0.25) is 0 Å². The Morgan fingerprint density at radius 2 is 2.05 bits per heavy atom. The van der Waals surface area contributed by atoms with Gasteiger partial charge in [0.05, 0.1) is 6.54 Å². The van der Waals surface area contributed by atoms with Crippen molar-refractivity contribution in [3.05, 3.63) is 35.9 Å². The molecule has 3 heteroatoms. The van der Waals surface area contributed by atoms with Crippen LogP contribution in [0.1, 0.15) is 37.7 Å². The van der Waals surface area contributed by atoms with Gasteiger partial charge in [0, 0.05) is 12.6 Å². The molecule has 2 aliphatic rings. The van der Waals surface area contributed by atoms with E-state index in [1.54, 1.807) is 0 Å². The quantitative estimate of drug-likeness (QED) is 0.892. The average Bonchev–Trinajstić information content (AvgIpc) is 3.21. The van der Waals surface area contributed by atoms with Crippen LogP contribution >= 0.6 is 0 Å². The summed E-state index contributed by atoms with van der Waals surface area (Å²) in [5, 5.41) is 3.14. The normalized spacial score (nSPS) is 24.6.